The fraction of sp³-hybridized carbons (Fsp3) is 0.143. The minimum Gasteiger partial charge on any atom is -0.355 e. The molecule has 0 saturated carbocycles. The number of thiazole rings is 1. The molecule has 0 radical (unpaired) electrons. The predicted molar refractivity (Wildman–Crippen MR) is 77.7 cm³/mol. The zero-order valence-electron chi connectivity index (χ0n) is 10.5. The minimum absolute atomic E-state index is 0.239. The summed E-state index contributed by atoms with van der Waals surface area (Å²) in [7, 11) is 0. The molecule has 0 aliphatic heterocycles. The maximum atomic E-state index is 4.23. The van der Waals surface area contributed by atoms with Crippen molar-refractivity contribution in [1.82, 2.24) is 14.5 Å². The van der Waals surface area contributed by atoms with E-state index in [4.69, 9.17) is 0 Å². The predicted octanol–water partition coefficient (Wildman–Crippen LogP) is 3.50. The molecule has 0 amide bonds. The molecular formula is C14H14N4S. The Morgan fingerprint density at radius 2 is 2.05 bits per heavy atom. The van der Waals surface area contributed by atoms with Crippen LogP contribution in [0.1, 0.15) is 18.5 Å². The zero-order valence-corrected chi connectivity index (χ0v) is 11.3. The van der Waals surface area contributed by atoms with Gasteiger partial charge in [0.1, 0.15) is 0 Å². The molecule has 96 valence electrons. The van der Waals surface area contributed by atoms with Crippen molar-refractivity contribution in [1.29, 1.82) is 0 Å². The molecule has 0 saturated heterocycles. The van der Waals surface area contributed by atoms with E-state index in [0.717, 1.165) is 10.8 Å². The van der Waals surface area contributed by atoms with Gasteiger partial charge in [-0.25, -0.2) is 9.97 Å². The summed E-state index contributed by atoms with van der Waals surface area (Å²) in [5.41, 5.74) is 2.35. The van der Waals surface area contributed by atoms with Gasteiger partial charge in [0.25, 0.3) is 0 Å². The van der Waals surface area contributed by atoms with E-state index < -0.39 is 0 Å². The van der Waals surface area contributed by atoms with E-state index in [9.17, 15) is 0 Å². The Balaban J connectivity index is 1.75. The summed E-state index contributed by atoms with van der Waals surface area (Å²) in [5, 5.41) is 6.30. The van der Waals surface area contributed by atoms with Crippen molar-refractivity contribution < 1.29 is 0 Å². The summed E-state index contributed by atoms with van der Waals surface area (Å²) < 4.78 is 1.99. The molecule has 1 N–H and O–H groups in total. The van der Waals surface area contributed by atoms with Crippen molar-refractivity contribution in [3.63, 3.8) is 0 Å². The third kappa shape index (κ3) is 2.66. The monoisotopic (exact) mass is 270 g/mol. The normalized spacial score (nSPS) is 12.3. The van der Waals surface area contributed by atoms with Crippen LogP contribution in [-0.2, 0) is 0 Å². The quantitative estimate of drug-likeness (QED) is 0.789. The van der Waals surface area contributed by atoms with Gasteiger partial charge in [0.15, 0.2) is 5.13 Å². The molecule has 0 spiro atoms. The average molecular weight is 270 g/mol. The second-order valence-corrected chi connectivity index (χ2v) is 5.16. The summed E-state index contributed by atoms with van der Waals surface area (Å²) in [4.78, 5) is 8.28. The van der Waals surface area contributed by atoms with Crippen LogP contribution in [0.4, 0.5) is 5.13 Å². The molecular weight excluding hydrogens is 256 g/mol. The summed E-state index contributed by atoms with van der Waals surface area (Å²) in [6, 6.07) is 8.68. The van der Waals surface area contributed by atoms with Gasteiger partial charge in [-0.2, -0.15) is 0 Å². The van der Waals surface area contributed by atoms with Crippen LogP contribution in [0.25, 0.3) is 5.69 Å². The van der Waals surface area contributed by atoms with Crippen LogP contribution in [-0.4, -0.2) is 14.5 Å². The third-order valence-electron chi connectivity index (χ3n) is 2.97. The van der Waals surface area contributed by atoms with Gasteiger partial charge in [-0.3, -0.25) is 0 Å². The van der Waals surface area contributed by atoms with Gasteiger partial charge in [-0.05, 0) is 24.6 Å². The van der Waals surface area contributed by atoms with Gasteiger partial charge < -0.3 is 9.88 Å². The summed E-state index contributed by atoms with van der Waals surface area (Å²) in [6.45, 7) is 2.13. The first-order chi connectivity index (χ1) is 9.33. The van der Waals surface area contributed by atoms with E-state index in [1.807, 2.05) is 22.3 Å². The van der Waals surface area contributed by atoms with Crippen molar-refractivity contribution >= 4 is 16.5 Å². The maximum absolute atomic E-state index is 4.23. The van der Waals surface area contributed by atoms with Crippen LogP contribution >= 0.6 is 11.3 Å². The lowest BCUT2D eigenvalue weighted by molar-refractivity contribution is 0.880. The molecule has 2 heterocycles. The van der Waals surface area contributed by atoms with Crippen LogP contribution in [0, 0.1) is 0 Å². The van der Waals surface area contributed by atoms with Crippen molar-refractivity contribution in [3.05, 3.63) is 60.1 Å². The van der Waals surface area contributed by atoms with E-state index in [1.165, 1.54) is 5.56 Å². The van der Waals surface area contributed by atoms with Gasteiger partial charge in [0.2, 0.25) is 0 Å². The Morgan fingerprint density at radius 1 is 1.21 bits per heavy atom. The molecule has 1 atom stereocenters. The van der Waals surface area contributed by atoms with Crippen LogP contribution in [0.2, 0.25) is 0 Å². The van der Waals surface area contributed by atoms with Crippen molar-refractivity contribution in [2.24, 2.45) is 0 Å². The number of aromatic nitrogens is 3. The van der Waals surface area contributed by atoms with E-state index in [-0.39, 0.29) is 6.04 Å². The fourth-order valence-electron chi connectivity index (χ4n) is 1.91. The second-order valence-electron chi connectivity index (χ2n) is 4.26. The van der Waals surface area contributed by atoms with Gasteiger partial charge in [0.05, 0.1) is 12.4 Å². The first-order valence-corrected chi connectivity index (χ1v) is 6.95. The van der Waals surface area contributed by atoms with Crippen LogP contribution in [0.15, 0.2) is 54.6 Å². The topological polar surface area (TPSA) is 42.7 Å². The van der Waals surface area contributed by atoms with Gasteiger partial charge >= 0.3 is 0 Å². The SMILES string of the molecule is CC(Nc1nccs1)c1ccc(-n2ccnc2)cc1. The highest BCUT2D eigenvalue weighted by Gasteiger charge is 2.06. The lowest BCUT2D eigenvalue weighted by Crippen LogP contribution is -2.06. The van der Waals surface area contributed by atoms with Crippen LogP contribution < -0.4 is 5.32 Å². The van der Waals surface area contributed by atoms with Crippen molar-refractivity contribution in [2.75, 3.05) is 5.32 Å². The first-order valence-electron chi connectivity index (χ1n) is 6.07. The van der Waals surface area contributed by atoms with Crippen molar-refractivity contribution in [3.8, 4) is 5.69 Å². The van der Waals surface area contributed by atoms with Gasteiger partial charge in [0, 0.05) is 29.7 Å². The molecule has 5 heteroatoms. The Kier molecular flexibility index (Phi) is 3.29. The number of benzene rings is 1. The first kappa shape index (κ1) is 11.9. The number of imidazole rings is 1. The van der Waals surface area contributed by atoms with E-state index >= 15 is 0 Å². The number of hydrogen-bond acceptors (Lipinski definition) is 4. The Bertz CT molecular complexity index is 614. The minimum atomic E-state index is 0.239. The second kappa shape index (κ2) is 5.24. The standard InChI is InChI=1S/C14H14N4S/c1-11(17-14-16-7-9-19-14)12-2-4-13(5-3-12)18-8-6-15-10-18/h2-11H,1H3,(H,16,17). The highest BCUT2D eigenvalue weighted by Crippen LogP contribution is 2.21. The molecule has 4 nitrogen and oxygen atoms in total. The molecule has 0 aliphatic rings. The fourth-order valence-corrected chi connectivity index (χ4v) is 2.53. The van der Waals surface area contributed by atoms with Gasteiger partial charge in [-0.15, -0.1) is 11.3 Å². The third-order valence-corrected chi connectivity index (χ3v) is 3.67. The molecule has 0 bridgehead atoms. The summed E-state index contributed by atoms with van der Waals surface area (Å²) in [5.74, 6) is 0. The van der Waals surface area contributed by atoms with E-state index in [2.05, 4.69) is 46.5 Å². The number of rotatable bonds is 4. The highest BCUT2D eigenvalue weighted by molar-refractivity contribution is 7.13. The highest BCUT2D eigenvalue weighted by atomic mass is 32.1. The molecule has 0 aliphatic carbocycles. The molecule has 1 aromatic carbocycles. The lowest BCUT2D eigenvalue weighted by atomic mass is 10.1. The van der Waals surface area contributed by atoms with E-state index in [1.54, 1.807) is 23.9 Å². The molecule has 3 rings (SSSR count). The van der Waals surface area contributed by atoms with Gasteiger partial charge in [-0.1, -0.05) is 12.1 Å². The zero-order chi connectivity index (χ0) is 13.1. The molecule has 3 aromatic rings. The molecule has 1 unspecified atom stereocenters. The van der Waals surface area contributed by atoms with Crippen LogP contribution in [0.5, 0.6) is 0 Å². The Hall–Kier alpha value is -2.14. The largest absolute Gasteiger partial charge is 0.355 e. The Morgan fingerprint density at radius 3 is 2.68 bits per heavy atom. The Labute approximate surface area is 115 Å². The molecule has 2 aromatic heterocycles. The molecule has 19 heavy (non-hydrogen) atoms. The summed E-state index contributed by atoms with van der Waals surface area (Å²) in [6.07, 6.45) is 7.32. The molecule has 0 fully saturated rings. The van der Waals surface area contributed by atoms with Crippen molar-refractivity contribution in [2.45, 2.75) is 13.0 Å². The number of nitrogens with one attached hydrogen (secondary N) is 1. The maximum Gasteiger partial charge on any atom is 0.183 e. The number of hydrogen-bond donors (Lipinski definition) is 1. The lowest BCUT2D eigenvalue weighted by Gasteiger charge is -2.14. The smallest absolute Gasteiger partial charge is 0.183 e. The summed E-state index contributed by atoms with van der Waals surface area (Å²) >= 11 is 1.61. The van der Waals surface area contributed by atoms with E-state index in [0.29, 0.717) is 0 Å². The average Bonchev–Trinajstić information content (AvgIpc) is 3.12. The number of anilines is 1. The number of nitrogens with zero attached hydrogens (tertiary/aromatic N) is 3. The van der Waals surface area contributed by atoms with Crippen LogP contribution in [0.3, 0.4) is 0 Å².